The number of rotatable bonds is 6. The van der Waals surface area contributed by atoms with Crippen LogP contribution in [0.15, 0.2) is 12.4 Å². The molecular weight excluding hydrogens is 236 g/mol. The molecule has 1 aromatic heterocycles. The van der Waals surface area contributed by atoms with Gasteiger partial charge in [-0.1, -0.05) is 25.4 Å². The molecule has 0 aliphatic carbocycles. The lowest BCUT2D eigenvalue weighted by Crippen LogP contribution is -2.34. The number of nitrogens with zero attached hydrogens (tertiary/aromatic N) is 3. The minimum atomic E-state index is 0.353. The Hall–Kier alpha value is -0.870. The van der Waals surface area contributed by atoms with Crippen molar-refractivity contribution >= 4 is 17.5 Å². The molecule has 0 amide bonds. The summed E-state index contributed by atoms with van der Waals surface area (Å²) in [5.41, 5.74) is 0. The fourth-order valence-corrected chi connectivity index (χ4v) is 1.86. The molecule has 0 bridgehead atoms. The highest BCUT2D eigenvalue weighted by atomic mass is 35.5. The van der Waals surface area contributed by atoms with Crippen molar-refractivity contribution in [3.63, 3.8) is 0 Å². The first-order valence-electron chi connectivity index (χ1n) is 5.86. The highest BCUT2D eigenvalue weighted by Crippen LogP contribution is 2.11. The smallest absolute Gasteiger partial charge is 0.222 e. The first-order valence-corrected chi connectivity index (χ1v) is 6.24. The van der Waals surface area contributed by atoms with Crippen molar-refractivity contribution in [1.29, 1.82) is 0 Å². The zero-order chi connectivity index (χ0) is 12.8. The van der Waals surface area contributed by atoms with E-state index in [9.17, 15) is 0 Å². The summed E-state index contributed by atoms with van der Waals surface area (Å²) in [4.78, 5) is 10.5. The van der Waals surface area contributed by atoms with Crippen LogP contribution in [0.25, 0.3) is 0 Å². The summed E-state index contributed by atoms with van der Waals surface area (Å²) in [7, 11) is 4.13. The number of halogens is 1. The Balaban J connectivity index is 2.61. The number of likely N-dealkylation sites (N-methyl/N-ethyl adjacent to an activating group) is 1. The SMILES string of the molecule is CC(C)CC(CN(C)C)Nc1ncc(Cl)cn1. The van der Waals surface area contributed by atoms with E-state index in [1.165, 1.54) is 0 Å². The molecule has 1 aromatic rings. The first-order chi connectivity index (χ1) is 7.97. The molecule has 0 radical (unpaired) electrons. The normalized spacial score (nSPS) is 13.1. The van der Waals surface area contributed by atoms with Crippen LogP contribution in [0.5, 0.6) is 0 Å². The second kappa shape index (κ2) is 6.77. The maximum Gasteiger partial charge on any atom is 0.222 e. The maximum atomic E-state index is 5.76. The number of aromatic nitrogens is 2. The average Bonchev–Trinajstić information content (AvgIpc) is 2.19. The van der Waals surface area contributed by atoms with E-state index < -0.39 is 0 Å². The fourth-order valence-electron chi connectivity index (χ4n) is 1.76. The highest BCUT2D eigenvalue weighted by Gasteiger charge is 2.13. The van der Waals surface area contributed by atoms with Gasteiger partial charge in [-0.3, -0.25) is 0 Å². The number of anilines is 1. The van der Waals surface area contributed by atoms with Crippen LogP contribution in [0.4, 0.5) is 5.95 Å². The van der Waals surface area contributed by atoms with Gasteiger partial charge in [-0.2, -0.15) is 0 Å². The van der Waals surface area contributed by atoms with Crippen LogP contribution < -0.4 is 5.32 Å². The number of nitrogens with one attached hydrogen (secondary N) is 1. The topological polar surface area (TPSA) is 41.0 Å². The maximum absolute atomic E-state index is 5.76. The number of hydrogen-bond acceptors (Lipinski definition) is 4. The fraction of sp³-hybridized carbons (Fsp3) is 0.667. The minimum Gasteiger partial charge on any atom is -0.350 e. The van der Waals surface area contributed by atoms with Gasteiger partial charge in [0.2, 0.25) is 5.95 Å². The molecule has 0 saturated heterocycles. The summed E-state index contributed by atoms with van der Waals surface area (Å²) < 4.78 is 0. The van der Waals surface area contributed by atoms with Crippen LogP contribution in [-0.2, 0) is 0 Å². The predicted molar refractivity (Wildman–Crippen MR) is 72.5 cm³/mol. The molecule has 1 heterocycles. The lowest BCUT2D eigenvalue weighted by Gasteiger charge is -2.23. The van der Waals surface area contributed by atoms with E-state index in [4.69, 9.17) is 11.6 Å². The standard InChI is InChI=1S/C12H21ClN4/c1-9(2)5-11(8-17(3)4)16-12-14-6-10(13)7-15-12/h6-7,9,11H,5,8H2,1-4H3,(H,14,15,16). The molecule has 96 valence electrons. The zero-order valence-electron chi connectivity index (χ0n) is 10.9. The van der Waals surface area contributed by atoms with Crippen molar-refractivity contribution in [3.8, 4) is 0 Å². The molecule has 0 aliphatic rings. The first kappa shape index (κ1) is 14.2. The van der Waals surface area contributed by atoms with Gasteiger partial charge in [0, 0.05) is 12.6 Å². The van der Waals surface area contributed by atoms with E-state index in [0.717, 1.165) is 13.0 Å². The molecule has 0 saturated carbocycles. The van der Waals surface area contributed by atoms with Gasteiger partial charge in [0.25, 0.3) is 0 Å². The molecular formula is C12H21ClN4. The summed E-state index contributed by atoms with van der Waals surface area (Å²) in [5.74, 6) is 1.28. The molecule has 5 heteroatoms. The van der Waals surface area contributed by atoms with Gasteiger partial charge in [-0.25, -0.2) is 9.97 Å². The van der Waals surface area contributed by atoms with Crippen molar-refractivity contribution in [2.45, 2.75) is 26.3 Å². The molecule has 0 aliphatic heterocycles. The zero-order valence-corrected chi connectivity index (χ0v) is 11.7. The Morgan fingerprint density at radius 2 is 1.88 bits per heavy atom. The molecule has 0 spiro atoms. The van der Waals surface area contributed by atoms with Gasteiger partial charge >= 0.3 is 0 Å². The van der Waals surface area contributed by atoms with Crippen LogP contribution in [0.2, 0.25) is 5.02 Å². The van der Waals surface area contributed by atoms with Crippen LogP contribution >= 0.6 is 11.6 Å². The summed E-state index contributed by atoms with van der Waals surface area (Å²) in [6.45, 7) is 5.39. The van der Waals surface area contributed by atoms with Gasteiger partial charge in [-0.05, 0) is 26.4 Å². The molecule has 0 aromatic carbocycles. The molecule has 1 N–H and O–H groups in total. The Morgan fingerprint density at radius 3 is 2.35 bits per heavy atom. The summed E-state index contributed by atoms with van der Waals surface area (Å²) in [6.07, 6.45) is 4.31. The highest BCUT2D eigenvalue weighted by molar-refractivity contribution is 6.30. The monoisotopic (exact) mass is 256 g/mol. The second-order valence-corrected chi connectivity index (χ2v) is 5.39. The number of hydrogen-bond donors (Lipinski definition) is 1. The third kappa shape index (κ3) is 5.84. The van der Waals surface area contributed by atoms with Crippen molar-refractivity contribution in [2.24, 2.45) is 5.92 Å². The van der Waals surface area contributed by atoms with Crippen LogP contribution in [0.3, 0.4) is 0 Å². The van der Waals surface area contributed by atoms with Gasteiger partial charge < -0.3 is 10.2 Å². The van der Waals surface area contributed by atoms with Gasteiger partial charge in [0.05, 0.1) is 17.4 Å². The quantitative estimate of drug-likeness (QED) is 0.849. The van der Waals surface area contributed by atoms with Crippen LogP contribution in [-0.4, -0.2) is 41.5 Å². The van der Waals surface area contributed by atoms with E-state index in [2.05, 4.69) is 48.1 Å². The van der Waals surface area contributed by atoms with E-state index in [1.54, 1.807) is 12.4 Å². The molecule has 4 nitrogen and oxygen atoms in total. The molecule has 1 unspecified atom stereocenters. The third-order valence-corrected chi connectivity index (χ3v) is 2.49. The summed E-state index contributed by atoms with van der Waals surface area (Å²) in [5, 5.41) is 3.91. The lowest BCUT2D eigenvalue weighted by atomic mass is 10.0. The summed E-state index contributed by atoms with van der Waals surface area (Å²) >= 11 is 5.76. The Bertz CT molecular complexity index is 314. The van der Waals surface area contributed by atoms with Crippen molar-refractivity contribution in [1.82, 2.24) is 14.9 Å². The average molecular weight is 257 g/mol. The van der Waals surface area contributed by atoms with Crippen molar-refractivity contribution < 1.29 is 0 Å². The molecule has 0 fully saturated rings. The Morgan fingerprint density at radius 1 is 1.29 bits per heavy atom. The molecule has 17 heavy (non-hydrogen) atoms. The van der Waals surface area contributed by atoms with E-state index in [-0.39, 0.29) is 0 Å². The predicted octanol–water partition coefficient (Wildman–Crippen LogP) is 2.52. The molecule has 1 rings (SSSR count). The van der Waals surface area contributed by atoms with E-state index >= 15 is 0 Å². The van der Waals surface area contributed by atoms with Gasteiger partial charge in [0.1, 0.15) is 0 Å². The van der Waals surface area contributed by atoms with Crippen molar-refractivity contribution in [2.75, 3.05) is 26.0 Å². The van der Waals surface area contributed by atoms with E-state index in [0.29, 0.717) is 22.9 Å². The van der Waals surface area contributed by atoms with Gasteiger partial charge in [0.15, 0.2) is 0 Å². The largest absolute Gasteiger partial charge is 0.350 e. The summed E-state index contributed by atoms with van der Waals surface area (Å²) in [6, 6.07) is 0.353. The Labute approximate surface area is 108 Å². The second-order valence-electron chi connectivity index (χ2n) is 4.96. The Kier molecular flexibility index (Phi) is 5.65. The van der Waals surface area contributed by atoms with Crippen LogP contribution in [0, 0.1) is 5.92 Å². The van der Waals surface area contributed by atoms with Crippen molar-refractivity contribution in [3.05, 3.63) is 17.4 Å². The lowest BCUT2D eigenvalue weighted by molar-refractivity contribution is 0.355. The van der Waals surface area contributed by atoms with Gasteiger partial charge in [-0.15, -0.1) is 0 Å². The third-order valence-electron chi connectivity index (χ3n) is 2.30. The molecule has 1 atom stereocenters. The minimum absolute atomic E-state index is 0.353. The van der Waals surface area contributed by atoms with Crippen LogP contribution in [0.1, 0.15) is 20.3 Å². The van der Waals surface area contributed by atoms with E-state index in [1.807, 2.05) is 0 Å².